The number of fused-ring (bicyclic) bond motifs is 2. The molecular formula is C14H8N2O6PdS2. The van der Waals surface area contributed by atoms with Gasteiger partial charge in [-0.05, 0) is 12.1 Å². The maximum atomic E-state index is 11.1. The molecule has 0 aromatic heterocycles. The van der Waals surface area contributed by atoms with Crippen molar-refractivity contribution in [3.8, 4) is 0 Å². The number of hydrogen-bond donors (Lipinski definition) is 0. The van der Waals surface area contributed by atoms with Crippen LogP contribution in [0, 0.1) is 0 Å². The molecule has 0 unspecified atom stereocenters. The SMILES string of the molecule is O=C1[N-]S(=O)(=O)c2ccccc21.O=C1[N-]S(=O)(=O)c2ccccc21.[Pd+2]. The monoisotopic (exact) mass is 470 g/mol. The van der Waals surface area contributed by atoms with Crippen LogP contribution >= 0.6 is 0 Å². The molecule has 4 rings (SSSR count). The van der Waals surface area contributed by atoms with Gasteiger partial charge in [0.05, 0.1) is 21.6 Å². The van der Waals surface area contributed by atoms with Gasteiger partial charge in [-0.15, -0.1) is 0 Å². The van der Waals surface area contributed by atoms with E-state index in [1.807, 2.05) is 0 Å². The zero-order chi connectivity index (χ0) is 17.5. The van der Waals surface area contributed by atoms with Gasteiger partial charge in [0, 0.05) is 11.1 Å². The molecule has 2 aliphatic heterocycles. The molecule has 2 aliphatic rings. The second-order valence-electron chi connectivity index (χ2n) is 4.74. The number of sulfonamides is 2. The number of hydrogen-bond acceptors (Lipinski definition) is 6. The molecule has 132 valence electrons. The van der Waals surface area contributed by atoms with Crippen LogP contribution in [-0.2, 0) is 40.5 Å². The summed E-state index contributed by atoms with van der Waals surface area (Å²) in [6.45, 7) is 0. The minimum absolute atomic E-state index is 0. The van der Waals surface area contributed by atoms with Crippen LogP contribution in [0.4, 0.5) is 0 Å². The maximum Gasteiger partial charge on any atom is 2.00 e. The zero-order valence-corrected chi connectivity index (χ0v) is 15.3. The van der Waals surface area contributed by atoms with Crippen molar-refractivity contribution >= 4 is 31.9 Å². The molecule has 0 N–H and O–H groups in total. The molecule has 0 saturated heterocycles. The minimum atomic E-state index is -3.68. The molecule has 8 nitrogen and oxygen atoms in total. The van der Waals surface area contributed by atoms with Gasteiger partial charge in [-0.25, -0.2) is 16.8 Å². The molecule has 2 aromatic carbocycles. The molecule has 0 spiro atoms. The summed E-state index contributed by atoms with van der Waals surface area (Å²) >= 11 is 0. The number of nitrogens with zero attached hydrogens (tertiary/aromatic N) is 2. The van der Waals surface area contributed by atoms with Crippen molar-refractivity contribution < 1.29 is 46.8 Å². The van der Waals surface area contributed by atoms with Gasteiger partial charge >= 0.3 is 20.4 Å². The van der Waals surface area contributed by atoms with E-state index in [1.165, 1.54) is 24.3 Å². The first-order chi connectivity index (χ1) is 11.2. The zero-order valence-electron chi connectivity index (χ0n) is 12.1. The average molecular weight is 471 g/mol. The molecule has 11 heteroatoms. The Labute approximate surface area is 157 Å². The summed E-state index contributed by atoms with van der Waals surface area (Å²) in [7, 11) is -7.36. The second-order valence-corrected chi connectivity index (χ2v) is 7.88. The Bertz CT molecular complexity index is 993. The molecule has 0 bridgehead atoms. The quantitative estimate of drug-likeness (QED) is 0.539. The number of rotatable bonds is 0. The van der Waals surface area contributed by atoms with Gasteiger partial charge in [-0.3, -0.25) is 0 Å². The fraction of sp³-hybridized carbons (Fsp3) is 0. The average Bonchev–Trinajstić information content (AvgIpc) is 2.91. The first kappa shape index (κ1) is 19.3. The van der Waals surface area contributed by atoms with Gasteiger partial charge in [-0.1, -0.05) is 36.4 Å². The number of carbonyl (C=O) groups excluding carboxylic acids is 2. The summed E-state index contributed by atoms with van der Waals surface area (Å²) in [5.41, 5.74) is 0.329. The van der Waals surface area contributed by atoms with Gasteiger partial charge in [0.15, 0.2) is 0 Å². The maximum absolute atomic E-state index is 11.1. The molecular weight excluding hydrogens is 463 g/mol. The van der Waals surface area contributed by atoms with E-state index in [-0.39, 0.29) is 41.3 Å². The summed E-state index contributed by atoms with van der Waals surface area (Å²) in [5.74, 6) is -1.35. The standard InChI is InChI=1S/2C7H5NO3S.Pd/c2*9-7-5-3-1-2-4-6(5)12(10,11)8-7;/h2*1-4H,(H,8,9);/q;;+2/p-2. The van der Waals surface area contributed by atoms with E-state index in [0.29, 0.717) is 0 Å². The third-order valence-electron chi connectivity index (χ3n) is 3.20. The Balaban J connectivity index is 0.000000173. The summed E-state index contributed by atoms with van der Waals surface area (Å²) in [5, 5.41) is 0. The molecule has 25 heavy (non-hydrogen) atoms. The first-order valence-electron chi connectivity index (χ1n) is 6.45. The summed E-state index contributed by atoms with van der Waals surface area (Å²) in [4.78, 5) is 21.9. The third kappa shape index (κ3) is 3.50. The van der Waals surface area contributed by atoms with Crippen molar-refractivity contribution in [1.82, 2.24) is 0 Å². The van der Waals surface area contributed by atoms with Crippen LogP contribution in [0.1, 0.15) is 20.7 Å². The van der Waals surface area contributed by atoms with Crippen molar-refractivity contribution in [3.63, 3.8) is 0 Å². The molecule has 0 aliphatic carbocycles. The summed E-state index contributed by atoms with van der Waals surface area (Å²) < 4.78 is 50.3. The van der Waals surface area contributed by atoms with Crippen LogP contribution in [0.3, 0.4) is 0 Å². The van der Waals surface area contributed by atoms with Crippen LogP contribution in [0.15, 0.2) is 58.3 Å². The molecule has 0 radical (unpaired) electrons. The Hall–Kier alpha value is -2.06. The molecule has 2 heterocycles. The summed E-state index contributed by atoms with van der Waals surface area (Å²) in [6, 6.07) is 12.0. The van der Waals surface area contributed by atoms with Crippen LogP contribution in [0.25, 0.3) is 9.44 Å². The fourth-order valence-corrected chi connectivity index (χ4v) is 4.35. The van der Waals surface area contributed by atoms with E-state index in [4.69, 9.17) is 0 Å². The third-order valence-corrected chi connectivity index (χ3v) is 5.83. The molecule has 0 fully saturated rings. The largest absolute Gasteiger partial charge is 2.00 e. The molecule has 0 atom stereocenters. The van der Waals surface area contributed by atoms with Gasteiger partial charge in [-0.2, -0.15) is 0 Å². The normalized spacial score (nSPS) is 17.8. The predicted octanol–water partition coefficient (Wildman–Crippen LogP) is 1.80. The van der Waals surface area contributed by atoms with Crippen molar-refractivity contribution in [1.29, 1.82) is 0 Å². The molecule has 0 saturated carbocycles. The Morgan fingerprint density at radius 3 is 1.24 bits per heavy atom. The van der Waals surface area contributed by atoms with Gasteiger partial charge in [0.2, 0.25) is 0 Å². The van der Waals surface area contributed by atoms with E-state index >= 15 is 0 Å². The molecule has 2 aromatic rings. The smallest absolute Gasteiger partial charge is 0.537 e. The van der Waals surface area contributed by atoms with Crippen molar-refractivity contribution in [2.45, 2.75) is 9.79 Å². The van der Waals surface area contributed by atoms with E-state index in [2.05, 4.69) is 9.44 Å². The van der Waals surface area contributed by atoms with E-state index in [0.717, 1.165) is 0 Å². The van der Waals surface area contributed by atoms with Gasteiger partial charge in [0.1, 0.15) is 20.0 Å². The van der Waals surface area contributed by atoms with Crippen LogP contribution in [0.5, 0.6) is 0 Å². The topological polar surface area (TPSA) is 131 Å². The first-order valence-corrected chi connectivity index (χ1v) is 9.33. The second kappa shape index (κ2) is 6.68. The Morgan fingerprint density at radius 1 is 0.600 bits per heavy atom. The van der Waals surface area contributed by atoms with E-state index in [9.17, 15) is 26.4 Å². The summed E-state index contributed by atoms with van der Waals surface area (Å²) in [6.07, 6.45) is 0. The van der Waals surface area contributed by atoms with Crippen molar-refractivity contribution in [3.05, 3.63) is 69.1 Å². The van der Waals surface area contributed by atoms with Crippen LogP contribution < -0.4 is 0 Å². The molecule has 2 amide bonds. The minimum Gasteiger partial charge on any atom is -0.537 e. The van der Waals surface area contributed by atoms with Gasteiger partial charge < -0.3 is 19.0 Å². The van der Waals surface area contributed by atoms with Crippen LogP contribution in [0.2, 0.25) is 0 Å². The predicted molar refractivity (Wildman–Crippen MR) is 82.6 cm³/mol. The van der Waals surface area contributed by atoms with E-state index < -0.39 is 31.9 Å². The van der Waals surface area contributed by atoms with Crippen molar-refractivity contribution in [2.75, 3.05) is 0 Å². The van der Waals surface area contributed by atoms with Crippen LogP contribution in [-0.4, -0.2) is 28.6 Å². The number of benzene rings is 2. The Morgan fingerprint density at radius 2 is 0.920 bits per heavy atom. The fourth-order valence-electron chi connectivity index (χ4n) is 2.15. The number of amides is 2. The van der Waals surface area contributed by atoms with Gasteiger partial charge in [0.25, 0.3) is 0 Å². The number of carbonyl (C=O) groups is 2. The Kier molecular flexibility index (Phi) is 5.15. The van der Waals surface area contributed by atoms with Crippen molar-refractivity contribution in [2.24, 2.45) is 0 Å². The van der Waals surface area contributed by atoms with E-state index in [1.54, 1.807) is 24.3 Å².